The summed E-state index contributed by atoms with van der Waals surface area (Å²) in [6.07, 6.45) is 0.0179. The van der Waals surface area contributed by atoms with E-state index in [4.69, 9.17) is 9.57 Å². The summed E-state index contributed by atoms with van der Waals surface area (Å²) in [6, 6.07) is 6.67. The highest BCUT2D eigenvalue weighted by Crippen LogP contribution is 2.23. The van der Waals surface area contributed by atoms with Crippen molar-refractivity contribution in [2.75, 3.05) is 13.2 Å². The molecule has 3 rings (SSSR count). The van der Waals surface area contributed by atoms with E-state index in [2.05, 4.69) is 0 Å². The number of benzene rings is 1. The minimum absolute atomic E-state index is 0.0179. The van der Waals surface area contributed by atoms with Crippen LogP contribution in [0.15, 0.2) is 24.3 Å². The third kappa shape index (κ3) is 1.41. The van der Waals surface area contributed by atoms with Gasteiger partial charge in [0.15, 0.2) is 0 Å². The molecule has 1 aromatic rings. The highest BCUT2D eigenvalue weighted by Gasteiger charge is 2.37. The van der Waals surface area contributed by atoms with Crippen molar-refractivity contribution in [3.8, 4) is 0 Å². The molecule has 0 bridgehead atoms. The number of hydrogen-bond donors (Lipinski definition) is 0. The molecule has 0 aromatic heterocycles. The average Bonchev–Trinajstić information content (AvgIpc) is 3.09. The lowest BCUT2D eigenvalue weighted by atomic mass is 10.1. The Morgan fingerprint density at radius 1 is 1.25 bits per heavy atom. The molecule has 82 valence electrons. The third-order valence-corrected chi connectivity index (χ3v) is 2.55. The Balaban J connectivity index is 1.82. The zero-order chi connectivity index (χ0) is 11.1. The number of carbonyl (C=O) groups excluding carboxylic acids is 2. The number of amides is 2. The highest BCUT2D eigenvalue weighted by molar-refractivity contribution is 6.20. The van der Waals surface area contributed by atoms with Gasteiger partial charge in [-0.05, 0) is 12.1 Å². The molecule has 1 aromatic carbocycles. The summed E-state index contributed by atoms with van der Waals surface area (Å²) in [5.41, 5.74) is 0.786. The van der Waals surface area contributed by atoms with E-state index in [1.165, 1.54) is 0 Å². The van der Waals surface area contributed by atoms with Crippen molar-refractivity contribution in [1.29, 1.82) is 0 Å². The Morgan fingerprint density at radius 3 is 2.31 bits per heavy atom. The number of carbonyl (C=O) groups is 2. The molecule has 1 atom stereocenters. The summed E-state index contributed by atoms with van der Waals surface area (Å²) >= 11 is 0. The number of ether oxygens (including phenoxy) is 1. The second-order valence-electron chi connectivity index (χ2n) is 3.70. The van der Waals surface area contributed by atoms with E-state index in [-0.39, 0.29) is 12.7 Å². The summed E-state index contributed by atoms with van der Waals surface area (Å²) in [7, 11) is 0. The Bertz CT molecular complexity index is 432. The van der Waals surface area contributed by atoms with Gasteiger partial charge in [-0.3, -0.25) is 14.4 Å². The maximum absolute atomic E-state index is 11.8. The van der Waals surface area contributed by atoms with Crippen LogP contribution >= 0.6 is 0 Å². The zero-order valence-corrected chi connectivity index (χ0v) is 8.38. The highest BCUT2D eigenvalue weighted by atomic mass is 16.7. The van der Waals surface area contributed by atoms with Crippen LogP contribution in [-0.4, -0.2) is 36.2 Å². The van der Waals surface area contributed by atoms with E-state index in [9.17, 15) is 9.59 Å². The van der Waals surface area contributed by atoms with Crippen LogP contribution in [0.1, 0.15) is 20.7 Å². The standard InChI is InChI=1S/C11H9NO4/c13-10-8-3-1-2-4-9(8)11(14)12(10)16-6-7-5-15-7/h1-4,7H,5-6H2/t7-/m1/s1. The van der Waals surface area contributed by atoms with Gasteiger partial charge in [-0.25, -0.2) is 0 Å². The SMILES string of the molecule is O=C1c2ccccc2C(=O)N1OC[C@H]1CO1. The first-order chi connectivity index (χ1) is 7.77. The average molecular weight is 219 g/mol. The molecule has 5 nitrogen and oxygen atoms in total. The number of fused-ring (bicyclic) bond motifs is 1. The lowest BCUT2D eigenvalue weighted by Gasteiger charge is -2.11. The fraction of sp³-hybridized carbons (Fsp3) is 0.273. The van der Waals surface area contributed by atoms with Crippen molar-refractivity contribution < 1.29 is 19.2 Å². The number of imide groups is 1. The van der Waals surface area contributed by atoms with Gasteiger partial charge in [-0.2, -0.15) is 0 Å². The van der Waals surface area contributed by atoms with Crippen molar-refractivity contribution in [2.24, 2.45) is 0 Å². The Hall–Kier alpha value is -1.72. The predicted octanol–water partition coefficient (Wildman–Crippen LogP) is 0.613. The normalized spacial score (nSPS) is 22.5. The molecule has 1 saturated heterocycles. The maximum Gasteiger partial charge on any atom is 0.285 e. The van der Waals surface area contributed by atoms with Crippen molar-refractivity contribution >= 4 is 11.8 Å². The zero-order valence-electron chi connectivity index (χ0n) is 8.38. The molecule has 0 radical (unpaired) electrons. The number of hydrogen-bond acceptors (Lipinski definition) is 4. The largest absolute Gasteiger partial charge is 0.371 e. The topological polar surface area (TPSA) is 59.1 Å². The monoisotopic (exact) mass is 219 g/mol. The number of epoxide rings is 1. The van der Waals surface area contributed by atoms with Crippen molar-refractivity contribution in [2.45, 2.75) is 6.10 Å². The van der Waals surface area contributed by atoms with Gasteiger partial charge in [-0.15, -0.1) is 5.06 Å². The van der Waals surface area contributed by atoms with E-state index in [1.54, 1.807) is 24.3 Å². The van der Waals surface area contributed by atoms with E-state index in [0.717, 1.165) is 5.06 Å². The van der Waals surface area contributed by atoms with Crippen LogP contribution in [0, 0.1) is 0 Å². The van der Waals surface area contributed by atoms with Crippen molar-refractivity contribution in [3.05, 3.63) is 35.4 Å². The van der Waals surface area contributed by atoms with Crippen LogP contribution in [-0.2, 0) is 9.57 Å². The van der Waals surface area contributed by atoms with E-state index >= 15 is 0 Å². The molecular weight excluding hydrogens is 210 g/mol. The van der Waals surface area contributed by atoms with E-state index in [1.807, 2.05) is 0 Å². The molecule has 0 aliphatic carbocycles. The summed E-state index contributed by atoms with van der Waals surface area (Å²) in [6.45, 7) is 0.870. The molecular formula is C11H9NO4. The molecule has 2 aliphatic heterocycles. The number of hydroxylamine groups is 2. The van der Waals surface area contributed by atoms with Gasteiger partial charge in [0.1, 0.15) is 12.7 Å². The summed E-state index contributed by atoms with van der Waals surface area (Å²) in [5.74, 6) is -0.803. The van der Waals surface area contributed by atoms with Gasteiger partial charge >= 0.3 is 0 Å². The molecule has 2 amide bonds. The molecule has 0 N–H and O–H groups in total. The second kappa shape index (κ2) is 3.40. The molecule has 0 saturated carbocycles. The first-order valence-electron chi connectivity index (χ1n) is 4.99. The minimum atomic E-state index is -0.402. The molecule has 16 heavy (non-hydrogen) atoms. The summed E-state index contributed by atoms with van der Waals surface area (Å²) < 4.78 is 4.94. The number of rotatable bonds is 3. The van der Waals surface area contributed by atoms with Gasteiger partial charge in [0, 0.05) is 0 Å². The quantitative estimate of drug-likeness (QED) is 0.552. The maximum atomic E-state index is 11.8. The van der Waals surface area contributed by atoms with Gasteiger partial charge in [-0.1, -0.05) is 12.1 Å². The lowest BCUT2D eigenvalue weighted by Crippen LogP contribution is -2.31. The smallest absolute Gasteiger partial charge is 0.285 e. The molecule has 5 heteroatoms. The molecule has 1 fully saturated rings. The van der Waals surface area contributed by atoms with Crippen LogP contribution < -0.4 is 0 Å². The van der Waals surface area contributed by atoms with Gasteiger partial charge < -0.3 is 4.74 Å². The first kappa shape index (κ1) is 9.50. The Labute approximate surface area is 91.5 Å². The molecule has 0 spiro atoms. The fourth-order valence-electron chi connectivity index (χ4n) is 1.61. The second-order valence-corrected chi connectivity index (χ2v) is 3.70. The summed E-state index contributed by atoms with van der Waals surface area (Å²) in [4.78, 5) is 28.7. The van der Waals surface area contributed by atoms with E-state index < -0.39 is 11.8 Å². The van der Waals surface area contributed by atoms with Crippen LogP contribution in [0.2, 0.25) is 0 Å². The van der Waals surface area contributed by atoms with Gasteiger partial charge in [0.25, 0.3) is 11.8 Å². The van der Waals surface area contributed by atoms with Crippen LogP contribution in [0.4, 0.5) is 0 Å². The van der Waals surface area contributed by atoms with Gasteiger partial charge in [0.2, 0.25) is 0 Å². The minimum Gasteiger partial charge on any atom is -0.371 e. The predicted molar refractivity (Wildman–Crippen MR) is 52.6 cm³/mol. The lowest BCUT2D eigenvalue weighted by molar-refractivity contribution is -0.0950. The van der Waals surface area contributed by atoms with Crippen LogP contribution in [0.3, 0.4) is 0 Å². The number of nitrogens with zero attached hydrogens (tertiary/aromatic N) is 1. The van der Waals surface area contributed by atoms with Crippen molar-refractivity contribution in [1.82, 2.24) is 5.06 Å². The van der Waals surface area contributed by atoms with Crippen LogP contribution in [0.5, 0.6) is 0 Å². The molecule has 2 heterocycles. The fourth-order valence-corrected chi connectivity index (χ4v) is 1.61. The van der Waals surface area contributed by atoms with Crippen molar-refractivity contribution in [3.63, 3.8) is 0 Å². The first-order valence-corrected chi connectivity index (χ1v) is 4.99. The van der Waals surface area contributed by atoms with Crippen LogP contribution in [0.25, 0.3) is 0 Å². The van der Waals surface area contributed by atoms with Gasteiger partial charge in [0.05, 0.1) is 17.7 Å². The third-order valence-electron chi connectivity index (χ3n) is 2.55. The Kier molecular flexibility index (Phi) is 2.02. The Morgan fingerprint density at radius 2 is 1.81 bits per heavy atom. The molecule has 0 unspecified atom stereocenters. The van der Waals surface area contributed by atoms with E-state index in [0.29, 0.717) is 17.7 Å². The summed E-state index contributed by atoms with van der Waals surface area (Å²) in [5, 5.41) is 0.812. The molecule has 2 aliphatic rings.